The molecule has 1 aliphatic rings. The average molecular weight is 276 g/mol. The number of aliphatic hydroxyl groups is 1. The van der Waals surface area contributed by atoms with Gasteiger partial charge in [-0.2, -0.15) is 0 Å². The molecular weight excluding hydrogens is 252 g/mol. The van der Waals surface area contributed by atoms with Gasteiger partial charge in [0.25, 0.3) is 0 Å². The van der Waals surface area contributed by atoms with E-state index in [0.717, 1.165) is 24.9 Å². The second kappa shape index (κ2) is 7.41. The standard InChI is InChI=1S/C16H24N2O2/c1-12-6-5-9-17-15(12)16(20)18-14(11-19)10-13-7-3-2-4-8-13/h2-4,7-8,12,14-15,17,19H,5-6,9-11H2,1H3,(H,18,20)/t12?,14-,15?/m1/s1. The molecule has 1 amide bonds. The fourth-order valence-electron chi connectivity index (χ4n) is 2.75. The Morgan fingerprint density at radius 2 is 2.20 bits per heavy atom. The zero-order chi connectivity index (χ0) is 14.4. The summed E-state index contributed by atoms with van der Waals surface area (Å²) >= 11 is 0. The van der Waals surface area contributed by atoms with Crippen LogP contribution in [-0.2, 0) is 11.2 Å². The molecule has 2 unspecified atom stereocenters. The zero-order valence-corrected chi connectivity index (χ0v) is 12.0. The Balaban J connectivity index is 1.90. The van der Waals surface area contributed by atoms with E-state index in [4.69, 9.17) is 0 Å². The lowest BCUT2D eigenvalue weighted by Gasteiger charge is -2.30. The quantitative estimate of drug-likeness (QED) is 0.754. The molecule has 0 bridgehead atoms. The van der Waals surface area contributed by atoms with Crippen molar-refractivity contribution in [1.82, 2.24) is 10.6 Å². The lowest BCUT2D eigenvalue weighted by molar-refractivity contribution is -0.125. The first-order chi connectivity index (χ1) is 9.70. The molecule has 1 fully saturated rings. The zero-order valence-electron chi connectivity index (χ0n) is 12.0. The molecule has 4 nitrogen and oxygen atoms in total. The summed E-state index contributed by atoms with van der Waals surface area (Å²) in [6.07, 6.45) is 2.86. The second-order valence-corrected chi connectivity index (χ2v) is 5.63. The number of rotatable bonds is 5. The lowest BCUT2D eigenvalue weighted by Crippen LogP contribution is -2.54. The van der Waals surface area contributed by atoms with Crippen molar-refractivity contribution in [3.63, 3.8) is 0 Å². The summed E-state index contributed by atoms with van der Waals surface area (Å²) in [5, 5.41) is 15.7. The van der Waals surface area contributed by atoms with Crippen LogP contribution in [0.25, 0.3) is 0 Å². The van der Waals surface area contributed by atoms with Gasteiger partial charge >= 0.3 is 0 Å². The van der Waals surface area contributed by atoms with Crippen molar-refractivity contribution in [2.24, 2.45) is 5.92 Å². The van der Waals surface area contributed by atoms with Crippen molar-refractivity contribution < 1.29 is 9.90 Å². The Labute approximate surface area is 120 Å². The van der Waals surface area contributed by atoms with E-state index in [0.29, 0.717) is 12.3 Å². The number of carbonyl (C=O) groups excluding carboxylic acids is 1. The molecule has 3 atom stereocenters. The summed E-state index contributed by atoms with van der Waals surface area (Å²) in [5.74, 6) is 0.354. The van der Waals surface area contributed by atoms with Crippen molar-refractivity contribution in [3.8, 4) is 0 Å². The van der Waals surface area contributed by atoms with Crippen molar-refractivity contribution in [3.05, 3.63) is 35.9 Å². The summed E-state index contributed by atoms with van der Waals surface area (Å²) < 4.78 is 0. The molecule has 1 aliphatic heterocycles. The minimum Gasteiger partial charge on any atom is -0.394 e. The van der Waals surface area contributed by atoms with Crippen LogP contribution < -0.4 is 10.6 Å². The van der Waals surface area contributed by atoms with E-state index in [1.165, 1.54) is 0 Å². The predicted molar refractivity (Wildman–Crippen MR) is 79.4 cm³/mol. The monoisotopic (exact) mass is 276 g/mol. The van der Waals surface area contributed by atoms with Crippen molar-refractivity contribution in [1.29, 1.82) is 0 Å². The van der Waals surface area contributed by atoms with Crippen LogP contribution in [0.1, 0.15) is 25.3 Å². The van der Waals surface area contributed by atoms with Crippen LogP contribution in [0.2, 0.25) is 0 Å². The van der Waals surface area contributed by atoms with Gasteiger partial charge in [-0.05, 0) is 37.3 Å². The number of aliphatic hydroxyl groups excluding tert-OH is 1. The van der Waals surface area contributed by atoms with E-state index in [9.17, 15) is 9.90 Å². The molecule has 1 aromatic rings. The molecule has 0 spiro atoms. The van der Waals surface area contributed by atoms with Gasteiger partial charge in [0, 0.05) is 0 Å². The predicted octanol–water partition coefficient (Wildman–Crippen LogP) is 1.09. The van der Waals surface area contributed by atoms with Crippen LogP contribution in [0.15, 0.2) is 30.3 Å². The number of benzene rings is 1. The van der Waals surface area contributed by atoms with Crippen LogP contribution >= 0.6 is 0 Å². The largest absolute Gasteiger partial charge is 0.394 e. The molecule has 1 saturated heterocycles. The molecule has 0 saturated carbocycles. The number of carbonyl (C=O) groups is 1. The Hall–Kier alpha value is -1.39. The van der Waals surface area contributed by atoms with E-state index in [1.807, 2.05) is 30.3 Å². The van der Waals surface area contributed by atoms with Crippen LogP contribution in [0, 0.1) is 5.92 Å². The van der Waals surface area contributed by atoms with Gasteiger partial charge in [-0.15, -0.1) is 0 Å². The third kappa shape index (κ3) is 4.05. The van der Waals surface area contributed by atoms with Gasteiger partial charge in [0.05, 0.1) is 18.7 Å². The first kappa shape index (κ1) is 15.0. The highest BCUT2D eigenvalue weighted by Crippen LogP contribution is 2.15. The minimum atomic E-state index is -0.221. The Morgan fingerprint density at radius 1 is 1.45 bits per heavy atom. The summed E-state index contributed by atoms with van der Waals surface area (Å²) in [4.78, 5) is 12.3. The van der Waals surface area contributed by atoms with Gasteiger partial charge in [0.1, 0.15) is 0 Å². The average Bonchev–Trinajstić information content (AvgIpc) is 2.48. The molecule has 110 valence electrons. The van der Waals surface area contributed by atoms with E-state index in [1.54, 1.807) is 0 Å². The molecule has 1 heterocycles. The summed E-state index contributed by atoms with van der Waals surface area (Å²) in [7, 11) is 0. The highest BCUT2D eigenvalue weighted by molar-refractivity contribution is 5.82. The molecule has 3 N–H and O–H groups in total. The third-order valence-electron chi connectivity index (χ3n) is 3.94. The van der Waals surface area contributed by atoms with Crippen LogP contribution in [0.5, 0.6) is 0 Å². The molecule has 0 aliphatic carbocycles. The topological polar surface area (TPSA) is 61.4 Å². The lowest BCUT2D eigenvalue weighted by atomic mass is 9.92. The van der Waals surface area contributed by atoms with Gasteiger partial charge < -0.3 is 15.7 Å². The fourth-order valence-corrected chi connectivity index (χ4v) is 2.75. The maximum absolute atomic E-state index is 12.3. The Bertz CT molecular complexity index is 422. The fraction of sp³-hybridized carbons (Fsp3) is 0.562. The summed E-state index contributed by atoms with van der Waals surface area (Å²) in [6.45, 7) is 2.95. The maximum Gasteiger partial charge on any atom is 0.237 e. The number of piperidine rings is 1. The third-order valence-corrected chi connectivity index (χ3v) is 3.94. The first-order valence-electron chi connectivity index (χ1n) is 7.39. The molecule has 4 heteroatoms. The minimum absolute atomic E-state index is 0.00665. The highest BCUT2D eigenvalue weighted by atomic mass is 16.3. The second-order valence-electron chi connectivity index (χ2n) is 5.63. The number of hydrogen-bond acceptors (Lipinski definition) is 3. The SMILES string of the molecule is CC1CCCNC1C(=O)N[C@@H](CO)Cc1ccccc1. The summed E-state index contributed by atoms with van der Waals surface area (Å²) in [6, 6.07) is 9.57. The van der Waals surface area contributed by atoms with E-state index >= 15 is 0 Å². The Morgan fingerprint density at radius 3 is 2.85 bits per heavy atom. The molecule has 0 radical (unpaired) electrons. The van der Waals surface area contributed by atoms with Gasteiger partial charge in [-0.3, -0.25) is 4.79 Å². The number of nitrogens with one attached hydrogen (secondary N) is 2. The number of hydrogen-bond donors (Lipinski definition) is 3. The van der Waals surface area contributed by atoms with Gasteiger partial charge in [0.2, 0.25) is 5.91 Å². The highest BCUT2D eigenvalue weighted by Gasteiger charge is 2.28. The Kier molecular flexibility index (Phi) is 5.56. The molecular formula is C16H24N2O2. The van der Waals surface area contributed by atoms with Crippen LogP contribution in [-0.4, -0.2) is 36.2 Å². The smallest absolute Gasteiger partial charge is 0.237 e. The van der Waals surface area contributed by atoms with Crippen molar-refractivity contribution in [2.45, 2.75) is 38.3 Å². The van der Waals surface area contributed by atoms with Gasteiger partial charge in [0.15, 0.2) is 0 Å². The normalized spacial score (nSPS) is 24.1. The van der Waals surface area contributed by atoms with Crippen LogP contribution in [0.3, 0.4) is 0 Å². The van der Waals surface area contributed by atoms with E-state index in [-0.39, 0.29) is 24.6 Å². The number of amides is 1. The van der Waals surface area contributed by atoms with Gasteiger partial charge in [-0.1, -0.05) is 37.3 Å². The van der Waals surface area contributed by atoms with E-state index in [2.05, 4.69) is 17.6 Å². The molecule has 1 aromatic carbocycles. The van der Waals surface area contributed by atoms with Crippen molar-refractivity contribution >= 4 is 5.91 Å². The van der Waals surface area contributed by atoms with Crippen LogP contribution in [0.4, 0.5) is 0 Å². The molecule has 0 aromatic heterocycles. The maximum atomic E-state index is 12.3. The summed E-state index contributed by atoms with van der Waals surface area (Å²) in [5.41, 5.74) is 1.12. The molecule has 2 rings (SSSR count). The van der Waals surface area contributed by atoms with Crippen molar-refractivity contribution in [2.75, 3.05) is 13.2 Å². The molecule has 20 heavy (non-hydrogen) atoms. The van der Waals surface area contributed by atoms with Gasteiger partial charge in [-0.25, -0.2) is 0 Å². The first-order valence-corrected chi connectivity index (χ1v) is 7.39. The van der Waals surface area contributed by atoms with E-state index < -0.39 is 0 Å².